The first kappa shape index (κ1) is 19.8. The lowest BCUT2D eigenvalue weighted by atomic mass is 10.0. The smallest absolute Gasteiger partial charge is 0.229 e. The maximum Gasteiger partial charge on any atom is 0.229 e. The minimum absolute atomic E-state index is 0.146. The van der Waals surface area contributed by atoms with Crippen molar-refractivity contribution in [2.45, 2.75) is 33.1 Å². The summed E-state index contributed by atoms with van der Waals surface area (Å²) in [6.07, 6.45) is 0.392. The van der Waals surface area contributed by atoms with Crippen LogP contribution in [0.15, 0.2) is 29.6 Å². The van der Waals surface area contributed by atoms with Crippen molar-refractivity contribution in [3.8, 4) is 0 Å². The SMILES string of the molecule is Cc1csc(CC(=O)N2CCN(C(=S)Nc3ccc(C(C)C)cc3)CC2)n1. The van der Waals surface area contributed by atoms with Crippen LogP contribution in [0.1, 0.15) is 36.0 Å². The number of amides is 1. The highest BCUT2D eigenvalue weighted by molar-refractivity contribution is 7.80. The highest BCUT2D eigenvalue weighted by Gasteiger charge is 2.23. The summed E-state index contributed by atoms with van der Waals surface area (Å²) < 4.78 is 0. The Balaban J connectivity index is 1.48. The van der Waals surface area contributed by atoms with Crippen molar-refractivity contribution in [2.24, 2.45) is 0 Å². The minimum Gasteiger partial charge on any atom is -0.345 e. The van der Waals surface area contributed by atoms with E-state index in [0.29, 0.717) is 25.4 Å². The van der Waals surface area contributed by atoms with Crippen molar-refractivity contribution in [3.05, 3.63) is 45.9 Å². The molecule has 0 radical (unpaired) electrons. The number of rotatable bonds is 4. The van der Waals surface area contributed by atoms with E-state index >= 15 is 0 Å². The first-order chi connectivity index (χ1) is 12.9. The zero-order valence-corrected chi connectivity index (χ0v) is 17.7. The fourth-order valence-corrected chi connectivity index (χ4v) is 4.10. The molecule has 0 bridgehead atoms. The monoisotopic (exact) mass is 402 g/mol. The third-order valence-electron chi connectivity index (χ3n) is 4.72. The molecule has 1 aliphatic rings. The lowest BCUT2D eigenvalue weighted by molar-refractivity contribution is -0.131. The van der Waals surface area contributed by atoms with E-state index in [2.05, 4.69) is 53.3 Å². The van der Waals surface area contributed by atoms with Gasteiger partial charge in [0.25, 0.3) is 0 Å². The average Bonchev–Trinajstić information content (AvgIpc) is 3.07. The molecule has 144 valence electrons. The van der Waals surface area contributed by atoms with E-state index in [1.807, 2.05) is 17.2 Å². The number of nitrogens with zero attached hydrogens (tertiary/aromatic N) is 3. The van der Waals surface area contributed by atoms with Gasteiger partial charge < -0.3 is 15.1 Å². The number of carbonyl (C=O) groups is 1. The van der Waals surface area contributed by atoms with Gasteiger partial charge in [0.05, 0.1) is 6.42 Å². The predicted octanol–water partition coefficient (Wildman–Crippen LogP) is 3.66. The van der Waals surface area contributed by atoms with Gasteiger partial charge in [-0.25, -0.2) is 4.98 Å². The third kappa shape index (κ3) is 5.26. The second-order valence-electron chi connectivity index (χ2n) is 7.13. The molecular weight excluding hydrogens is 376 g/mol. The summed E-state index contributed by atoms with van der Waals surface area (Å²) in [6.45, 7) is 9.20. The molecule has 5 nitrogen and oxygen atoms in total. The molecular formula is C20H26N4OS2. The lowest BCUT2D eigenvalue weighted by Gasteiger charge is -2.36. The van der Waals surface area contributed by atoms with Gasteiger partial charge in [-0.15, -0.1) is 11.3 Å². The Morgan fingerprint density at radius 3 is 2.37 bits per heavy atom. The number of nitrogens with one attached hydrogen (secondary N) is 1. The third-order valence-corrected chi connectivity index (χ3v) is 6.04. The Hall–Kier alpha value is -1.99. The van der Waals surface area contributed by atoms with Crippen LogP contribution in [0.2, 0.25) is 0 Å². The molecule has 7 heteroatoms. The first-order valence-corrected chi connectivity index (χ1v) is 10.6. The first-order valence-electron chi connectivity index (χ1n) is 9.27. The Kier molecular flexibility index (Phi) is 6.44. The van der Waals surface area contributed by atoms with Crippen LogP contribution in [0.3, 0.4) is 0 Å². The molecule has 0 spiro atoms. The maximum atomic E-state index is 12.5. The van der Waals surface area contributed by atoms with Crippen molar-refractivity contribution in [3.63, 3.8) is 0 Å². The van der Waals surface area contributed by atoms with Crippen molar-refractivity contribution in [1.29, 1.82) is 0 Å². The molecule has 0 saturated carbocycles. The summed E-state index contributed by atoms with van der Waals surface area (Å²) in [4.78, 5) is 20.9. The molecule has 1 saturated heterocycles. The van der Waals surface area contributed by atoms with E-state index in [0.717, 1.165) is 34.6 Å². The zero-order valence-electron chi connectivity index (χ0n) is 16.1. The van der Waals surface area contributed by atoms with E-state index in [1.54, 1.807) is 11.3 Å². The van der Waals surface area contributed by atoms with Crippen LogP contribution in [-0.2, 0) is 11.2 Å². The largest absolute Gasteiger partial charge is 0.345 e. The van der Waals surface area contributed by atoms with Gasteiger partial charge in [0.1, 0.15) is 5.01 Å². The van der Waals surface area contributed by atoms with E-state index < -0.39 is 0 Å². The van der Waals surface area contributed by atoms with E-state index in [1.165, 1.54) is 5.56 Å². The van der Waals surface area contributed by atoms with Crippen LogP contribution < -0.4 is 5.32 Å². The summed E-state index contributed by atoms with van der Waals surface area (Å²) in [6, 6.07) is 8.40. The number of anilines is 1. The Labute approximate surface area is 170 Å². The molecule has 1 aromatic carbocycles. The predicted molar refractivity (Wildman–Crippen MR) is 115 cm³/mol. The number of benzene rings is 1. The van der Waals surface area contributed by atoms with Crippen LogP contribution in [0, 0.1) is 6.92 Å². The molecule has 1 N–H and O–H groups in total. The van der Waals surface area contributed by atoms with Gasteiger partial charge in [0.15, 0.2) is 5.11 Å². The number of piperazine rings is 1. The van der Waals surface area contributed by atoms with Gasteiger partial charge in [-0.2, -0.15) is 0 Å². The van der Waals surface area contributed by atoms with Gasteiger partial charge in [0.2, 0.25) is 5.91 Å². The number of hydrogen-bond acceptors (Lipinski definition) is 4. The number of hydrogen-bond donors (Lipinski definition) is 1. The van der Waals surface area contributed by atoms with Crippen LogP contribution in [-0.4, -0.2) is 52.0 Å². The number of thiocarbonyl (C=S) groups is 1. The normalized spacial score (nSPS) is 14.5. The summed E-state index contributed by atoms with van der Waals surface area (Å²) in [5.41, 5.74) is 3.29. The van der Waals surface area contributed by atoms with E-state index in [9.17, 15) is 4.79 Å². The molecule has 0 atom stereocenters. The number of aryl methyl sites for hydroxylation is 1. The van der Waals surface area contributed by atoms with Gasteiger partial charge in [-0.3, -0.25) is 4.79 Å². The molecule has 1 aliphatic heterocycles. The van der Waals surface area contributed by atoms with Gasteiger partial charge in [0, 0.05) is 42.9 Å². The Morgan fingerprint density at radius 1 is 1.19 bits per heavy atom. The topological polar surface area (TPSA) is 48.5 Å². The number of carbonyl (C=O) groups excluding carboxylic acids is 1. The fraction of sp³-hybridized carbons (Fsp3) is 0.450. The molecule has 0 aliphatic carbocycles. The van der Waals surface area contributed by atoms with Crippen molar-refractivity contribution in [1.82, 2.24) is 14.8 Å². The average molecular weight is 403 g/mol. The standard InChI is InChI=1S/C20H26N4OS2/c1-14(2)16-4-6-17(7-5-16)22-20(26)24-10-8-23(9-11-24)19(25)12-18-21-15(3)13-27-18/h4-7,13-14H,8-12H2,1-3H3,(H,22,26). The van der Waals surface area contributed by atoms with Crippen LogP contribution in [0.4, 0.5) is 5.69 Å². The quantitative estimate of drug-likeness (QED) is 0.791. The summed E-state index contributed by atoms with van der Waals surface area (Å²) in [7, 11) is 0. The molecule has 27 heavy (non-hydrogen) atoms. The Morgan fingerprint density at radius 2 is 1.81 bits per heavy atom. The molecule has 1 aromatic heterocycles. The molecule has 1 amide bonds. The second-order valence-corrected chi connectivity index (χ2v) is 8.46. The van der Waals surface area contributed by atoms with E-state index in [4.69, 9.17) is 12.2 Å². The number of thiazole rings is 1. The van der Waals surface area contributed by atoms with Crippen LogP contribution in [0.5, 0.6) is 0 Å². The van der Waals surface area contributed by atoms with Gasteiger partial charge >= 0.3 is 0 Å². The molecule has 2 aromatic rings. The summed E-state index contributed by atoms with van der Waals surface area (Å²) in [5, 5.41) is 6.90. The van der Waals surface area contributed by atoms with Crippen LogP contribution >= 0.6 is 23.6 Å². The zero-order chi connectivity index (χ0) is 19.4. The molecule has 3 rings (SSSR count). The van der Waals surface area contributed by atoms with Crippen molar-refractivity contribution < 1.29 is 4.79 Å². The maximum absolute atomic E-state index is 12.5. The number of aromatic nitrogens is 1. The van der Waals surface area contributed by atoms with Crippen LogP contribution in [0.25, 0.3) is 0 Å². The van der Waals surface area contributed by atoms with Crippen molar-refractivity contribution in [2.75, 3.05) is 31.5 Å². The van der Waals surface area contributed by atoms with Gasteiger partial charge in [-0.1, -0.05) is 26.0 Å². The molecule has 0 unspecified atom stereocenters. The fourth-order valence-electron chi connectivity index (χ4n) is 3.04. The van der Waals surface area contributed by atoms with Gasteiger partial charge in [-0.05, 0) is 42.8 Å². The summed E-state index contributed by atoms with van der Waals surface area (Å²) in [5.74, 6) is 0.664. The molecule has 1 fully saturated rings. The molecule has 2 heterocycles. The highest BCUT2D eigenvalue weighted by atomic mass is 32.1. The summed E-state index contributed by atoms with van der Waals surface area (Å²) >= 11 is 7.11. The second kappa shape index (κ2) is 8.80. The Bertz CT molecular complexity index is 793. The minimum atomic E-state index is 0.146. The van der Waals surface area contributed by atoms with E-state index in [-0.39, 0.29) is 5.91 Å². The van der Waals surface area contributed by atoms with Crippen molar-refractivity contribution >= 4 is 40.3 Å². The lowest BCUT2D eigenvalue weighted by Crippen LogP contribution is -2.51. The highest BCUT2D eigenvalue weighted by Crippen LogP contribution is 2.18.